The third-order valence-corrected chi connectivity index (χ3v) is 4.03. The summed E-state index contributed by atoms with van der Waals surface area (Å²) < 4.78 is 23.1. The van der Waals surface area contributed by atoms with Gasteiger partial charge in [0.05, 0.1) is 15.1 Å². The summed E-state index contributed by atoms with van der Waals surface area (Å²) in [6.07, 6.45) is 0. The fourth-order valence-corrected chi connectivity index (χ4v) is 2.28. The predicted molar refractivity (Wildman–Crippen MR) is 53.5 cm³/mol. The van der Waals surface area contributed by atoms with E-state index in [4.69, 9.17) is 5.11 Å². The molecule has 0 saturated carbocycles. The molecule has 0 aliphatic rings. The fourth-order valence-electron chi connectivity index (χ4n) is 0.848. The Morgan fingerprint density at radius 1 is 1.46 bits per heavy atom. The number of phenols is 1. The van der Waals surface area contributed by atoms with Crippen molar-refractivity contribution in [2.24, 2.45) is 0 Å². The van der Waals surface area contributed by atoms with Gasteiger partial charge in [0.2, 0.25) is 0 Å². The van der Waals surface area contributed by atoms with Gasteiger partial charge in [-0.25, -0.2) is 8.42 Å². The Hall–Kier alpha value is -0.550. The Bertz CT molecular complexity index is 411. The molecule has 0 bridgehead atoms. The maximum atomic E-state index is 11.4. The van der Waals surface area contributed by atoms with Gasteiger partial charge in [-0.3, -0.25) is 0 Å². The van der Waals surface area contributed by atoms with Gasteiger partial charge in [0.15, 0.2) is 9.84 Å². The molecule has 13 heavy (non-hydrogen) atoms. The molecule has 1 aromatic carbocycles. The Morgan fingerprint density at radius 2 is 2.08 bits per heavy atom. The topological polar surface area (TPSA) is 54.4 Å². The molecule has 0 amide bonds. The summed E-state index contributed by atoms with van der Waals surface area (Å²) in [4.78, 5) is 0.222. The van der Waals surface area contributed by atoms with Gasteiger partial charge < -0.3 is 5.11 Å². The SMILES string of the molecule is CCS(=O)(=O)c1ccc(O)c(Br)c1. The number of hydrogen-bond acceptors (Lipinski definition) is 3. The van der Waals surface area contributed by atoms with Gasteiger partial charge in [-0.05, 0) is 34.1 Å². The van der Waals surface area contributed by atoms with Crippen molar-refractivity contribution in [1.29, 1.82) is 0 Å². The van der Waals surface area contributed by atoms with Crippen LogP contribution in [0.15, 0.2) is 27.6 Å². The van der Waals surface area contributed by atoms with Gasteiger partial charge in [-0.15, -0.1) is 0 Å². The average Bonchev–Trinajstić information content (AvgIpc) is 2.09. The third kappa shape index (κ3) is 2.22. The Labute approximate surface area is 85.4 Å². The lowest BCUT2D eigenvalue weighted by Crippen LogP contribution is -2.03. The van der Waals surface area contributed by atoms with Crippen molar-refractivity contribution in [3.63, 3.8) is 0 Å². The molecule has 0 saturated heterocycles. The maximum absolute atomic E-state index is 11.4. The summed E-state index contributed by atoms with van der Waals surface area (Å²) in [6.45, 7) is 1.58. The van der Waals surface area contributed by atoms with Crippen LogP contribution in [0.4, 0.5) is 0 Å². The summed E-state index contributed by atoms with van der Waals surface area (Å²) in [7, 11) is -3.18. The van der Waals surface area contributed by atoms with E-state index in [1.54, 1.807) is 6.92 Å². The highest BCUT2D eigenvalue weighted by molar-refractivity contribution is 9.10. The highest BCUT2D eigenvalue weighted by Crippen LogP contribution is 2.26. The first-order valence-corrected chi connectivity index (χ1v) is 6.13. The van der Waals surface area contributed by atoms with Crippen LogP contribution in [0.2, 0.25) is 0 Å². The molecule has 0 spiro atoms. The van der Waals surface area contributed by atoms with Crippen LogP contribution in [0.1, 0.15) is 6.92 Å². The zero-order chi connectivity index (χ0) is 10.1. The summed E-state index contributed by atoms with van der Waals surface area (Å²) in [5, 5.41) is 9.14. The molecule has 0 unspecified atom stereocenters. The first kappa shape index (κ1) is 10.5. The van der Waals surface area contributed by atoms with Gasteiger partial charge in [0.1, 0.15) is 5.75 Å². The van der Waals surface area contributed by atoms with Crippen molar-refractivity contribution in [1.82, 2.24) is 0 Å². The number of phenolic OH excluding ortho intramolecular Hbond substituents is 1. The van der Waals surface area contributed by atoms with Crippen molar-refractivity contribution in [3.05, 3.63) is 22.7 Å². The standard InChI is InChI=1S/C8H9BrO3S/c1-2-13(11,12)6-3-4-8(10)7(9)5-6/h3-5,10H,2H2,1H3. The molecule has 0 aliphatic carbocycles. The van der Waals surface area contributed by atoms with Crippen LogP contribution in [0, 0.1) is 0 Å². The van der Waals surface area contributed by atoms with E-state index in [1.807, 2.05) is 0 Å². The molecular formula is C8H9BrO3S. The van der Waals surface area contributed by atoms with Gasteiger partial charge in [-0.1, -0.05) is 6.92 Å². The predicted octanol–water partition coefficient (Wildman–Crippen LogP) is 1.95. The van der Waals surface area contributed by atoms with Crippen LogP contribution in [0.3, 0.4) is 0 Å². The summed E-state index contributed by atoms with van der Waals surface area (Å²) in [6, 6.07) is 4.14. The Kier molecular flexibility index (Phi) is 2.98. The van der Waals surface area contributed by atoms with E-state index in [-0.39, 0.29) is 16.4 Å². The second kappa shape index (κ2) is 3.67. The molecule has 0 fully saturated rings. The van der Waals surface area contributed by atoms with Crippen LogP contribution >= 0.6 is 15.9 Å². The largest absolute Gasteiger partial charge is 0.507 e. The number of hydrogen-bond donors (Lipinski definition) is 1. The monoisotopic (exact) mass is 264 g/mol. The van der Waals surface area contributed by atoms with Crippen molar-refractivity contribution >= 4 is 25.8 Å². The van der Waals surface area contributed by atoms with Gasteiger partial charge in [0.25, 0.3) is 0 Å². The zero-order valence-electron chi connectivity index (χ0n) is 6.99. The smallest absolute Gasteiger partial charge is 0.178 e. The van der Waals surface area contributed by atoms with E-state index in [2.05, 4.69) is 15.9 Å². The van der Waals surface area contributed by atoms with Gasteiger partial charge >= 0.3 is 0 Å². The molecule has 0 aliphatic heterocycles. The molecule has 0 radical (unpaired) electrons. The number of rotatable bonds is 2. The summed E-state index contributed by atoms with van der Waals surface area (Å²) >= 11 is 3.05. The molecule has 5 heteroatoms. The Morgan fingerprint density at radius 3 is 2.54 bits per heavy atom. The molecule has 1 rings (SSSR count). The van der Waals surface area contributed by atoms with Crippen LogP contribution < -0.4 is 0 Å². The molecule has 0 atom stereocenters. The lowest BCUT2D eigenvalue weighted by molar-refractivity contribution is 0.471. The van der Waals surface area contributed by atoms with Crippen molar-refractivity contribution < 1.29 is 13.5 Å². The first-order valence-electron chi connectivity index (χ1n) is 3.68. The van der Waals surface area contributed by atoms with E-state index in [0.717, 1.165) is 0 Å². The lowest BCUT2D eigenvalue weighted by Gasteiger charge is -2.02. The third-order valence-electron chi connectivity index (χ3n) is 1.66. The number of benzene rings is 1. The molecule has 3 nitrogen and oxygen atoms in total. The maximum Gasteiger partial charge on any atom is 0.178 e. The zero-order valence-corrected chi connectivity index (χ0v) is 9.39. The Balaban J connectivity index is 3.27. The van der Waals surface area contributed by atoms with Crippen LogP contribution in [0.25, 0.3) is 0 Å². The quantitative estimate of drug-likeness (QED) is 0.889. The van der Waals surface area contributed by atoms with Gasteiger partial charge in [0, 0.05) is 0 Å². The highest BCUT2D eigenvalue weighted by atomic mass is 79.9. The van der Waals surface area contributed by atoms with E-state index in [9.17, 15) is 8.42 Å². The average molecular weight is 265 g/mol. The van der Waals surface area contributed by atoms with Crippen LogP contribution in [0.5, 0.6) is 5.75 Å². The van der Waals surface area contributed by atoms with E-state index in [1.165, 1.54) is 18.2 Å². The number of sulfone groups is 1. The van der Waals surface area contributed by atoms with Crippen LogP contribution in [-0.4, -0.2) is 19.3 Å². The minimum absolute atomic E-state index is 0.0371. The van der Waals surface area contributed by atoms with Crippen molar-refractivity contribution in [2.75, 3.05) is 5.75 Å². The van der Waals surface area contributed by atoms with Gasteiger partial charge in [-0.2, -0.15) is 0 Å². The number of halogens is 1. The normalized spacial score (nSPS) is 11.5. The summed E-state index contributed by atoms with van der Waals surface area (Å²) in [5.74, 6) is 0.0968. The van der Waals surface area contributed by atoms with E-state index >= 15 is 0 Å². The van der Waals surface area contributed by atoms with E-state index in [0.29, 0.717) is 4.47 Å². The fraction of sp³-hybridized carbons (Fsp3) is 0.250. The van der Waals surface area contributed by atoms with Crippen molar-refractivity contribution in [3.8, 4) is 5.75 Å². The van der Waals surface area contributed by atoms with E-state index < -0.39 is 9.84 Å². The molecule has 0 aromatic heterocycles. The van der Waals surface area contributed by atoms with Crippen molar-refractivity contribution in [2.45, 2.75) is 11.8 Å². The van der Waals surface area contributed by atoms with Crippen LogP contribution in [-0.2, 0) is 9.84 Å². The molecule has 72 valence electrons. The summed E-state index contributed by atoms with van der Waals surface area (Å²) in [5.41, 5.74) is 0. The first-order chi connectivity index (χ1) is 5.97. The molecule has 0 heterocycles. The second-order valence-electron chi connectivity index (χ2n) is 2.52. The molecule has 1 aromatic rings. The minimum Gasteiger partial charge on any atom is -0.507 e. The molecule has 1 N–H and O–H groups in total. The molecular weight excluding hydrogens is 256 g/mol. The number of aromatic hydroxyl groups is 1. The minimum atomic E-state index is -3.18. The highest BCUT2D eigenvalue weighted by Gasteiger charge is 2.12. The second-order valence-corrected chi connectivity index (χ2v) is 5.65. The lowest BCUT2D eigenvalue weighted by atomic mass is 10.3.